The van der Waals surface area contributed by atoms with Gasteiger partial charge in [0.1, 0.15) is 0 Å². The SMILES string of the molecule is CC[C@@H](C)COc1ccc(C(=O)O)cc1OC[C@H](C)CC. The molecule has 0 aliphatic carbocycles. The second-order valence-corrected chi connectivity index (χ2v) is 5.62. The Balaban J connectivity index is 2.86. The third-order valence-electron chi connectivity index (χ3n) is 3.63. The number of carboxylic acid groups (broad SMARTS) is 1. The van der Waals surface area contributed by atoms with Gasteiger partial charge in [0, 0.05) is 0 Å². The highest BCUT2D eigenvalue weighted by Gasteiger charge is 2.13. The smallest absolute Gasteiger partial charge is 0.335 e. The molecule has 1 rings (SSSR count). The lowest BCUT2D eigenvalue weighted by Crippen LogP contribution is -2.11. The van der Waals surface area contributed by atoms with E-state index in [9.17, 15) is 4.79 Å². The molecule has 0 bridgehead atoms. The number of carbonyl (C=O) groups is 1. The van der Waals surface area contributed by atoms with Crippen LogP contribution in [-0.2, 0) is 0 Å². The summed E-state index contributed by atoms with van der Waals surface area (Å²) in [6, 6.07) is 4.76. The van der Waals surface area contributed by atoms with Gasteiger partial charge < -0.3 is 14.6 Å². The van der Waals surface area contributed by atoms with Crippen molar-refractivity contribution in [1.29, 1.82) is 0 Å². The fourth-order valence-electron chi connectivity index (χ4n) is 1.57. The van der Waals surface area contributed by atoms with Gasteiger partial charge in [-0.3, -0.25) is 0 Å². The molecule has 0 heterocycles. The maximum atomic E-state index is 11.1. The molecule has 0 saturated heterocycles. The van der Waals surface area contributed by atoms with Crippen LogP contribution in [0.5, 0.6) is 11.5 Å². The number of hydrogen-bond donors (Lipinski definition) is 1. The number of aromatic carboxylic acids is 1. The van der Waals surface area contributed by atoms with Gasteiger partial charge >= 0.3 is 5.97 Å². The fraction of sp³-hybridized carbons (Fsp3) is 0.588. The van der Waals surface area contributed by atoms with E-state index in [1.165, 1.54) is 6.07 Å². The summed E-state index contributed by atoms with van der Waals surface area (Å²) in [5, 5.41) is 9.08. The summed E-state index contributed by atoms with van der Waals surface area (Å²) < 4.78 is 11.5. The average Bonchev–Trinajstić information content (AvgIpc) is 2.50. The number of benzene rings is 1. The molecule has 0 fully saturated rings. The lowest BCUT2D eigenvalue weighted by atomic mass is 10.1. The van der Waals surface area contributed by atoms with Crippen molar-refractivity contribution < 1.29 is 19.4 Å². The van der Waals surface area contributed by atoms with Gasteiger partial charge in [-0.25, -0.2) is 4.79 Å². The first-order chi connectivity index (χ1) is 9.97. The lowest BCUT2D eigenvalue weighted by molar-refractivity contribution is 0.0696. The molecule has 4 nitrogen and oxygen atoms in total. The van der Waals surface area contributed by atoms with Crippen molar-refractivity contribution in [3.05, 3.63) is 23.8 Å². The molecule has 0 amide bonds. The summed E-state index contributed by atoms with van der Waals surface area (Å²) in [7, 11) is 0. The van der Waals surface area contributed by atoms with Crippen molar-refractivity contribution in [2.45, 2.75) is 40.5 Å². The van der Waals surface area contributed by atoms with E-state index in [0.717, 1.165) is 12.8 Å². The van der Waals surface area contributed by atoms with Crippen LogP contribution in [0.4, 0.5) is 0 Å². The first kappa shape index (κ1) is 17.3. The zero-order chi connectivity index (χ0) is 15.8. The summed E-state index contributed by atoms with van der Waals surface area (Å²) in [5.74, 6) is 1.03. The molecule has 118 valence electrons. The van der Waals surface area contributed by atoms with Gasteiger partial charge in [0.05, 0.1) is 18.8 Å². The highest BCUT2D eigenvalue weighted by atomic mass is 16.5. The van der Waals surface area contributed by atoms with Gasteiger partial charge in [-0.2, -0.15) is 0 Å². The van der Waals surface area contributed by atoms with Crippen molar-refractivity contribution in [1.82, 2.24) is 0 Å². The Bertz CT molecular complexity index is 456. The predicted molar refractivity (Wildman–Crippen MR) is 83.3 cm³/mol. The third-order valence-corrected chi connectivity index (χ3v) is 3.63. The molecule has 0 unspecified atom stereocenters. The van der Waals surface area contributed by atoms with Crippen LogP contribution < -0.4 is 9.47 Å². The number of rotatable bonds is 9. The molecule has 0 spiro atoms. The molecule has 0 aliphatic rings. The molecule has 0 saturated carbocycles. The molecular formula is C17H26O4. The standard InChI is InChI=1S/C17H26O4/c1-5-12(3)10-20-15-8-7-14(17(18)19)9-16(15)21-11-13(4)6-2/h7-9,12-13H,5-6,10-11H2,1-4H3,(H,18,19)/t12-,13-/m1/s1. The van der Waals surface area contributed by atoms with Crippen LogP contribution in [0.2, 0.25) is 0 Å². The van der Waals surface area contributed by atoms with Gasteiger partial charge in [-0.1, -0.05) is 40.5 Å². The maximum absolute atomic E-state index is 11.1. The summed E-state index contributed by atoms with van der Waals surface area (Å²) in [6.07, 6.45) is 2.05. The summed E-state index contributed by atoms with van der Waals surface area (Å²) >= 11 is 0. The van der Waals surface area contributed by atoms with E-state index >= 15 is 0 Å². The molecular weight excluding hydrogens is 268 g/mol. The van der Waals surface area contributed by atoms with Gasteiger partial charge in [-0.05, 0) is 30.0 Å². The lowest BCUT2D eigenvalue weighted by Gasteiger charge is -2.17. The molecule has 1 aromatic rings. The second kappa shape index (κ2) is 8.55. The van der Waals surface area contributed by atoms with Crippen LogP contribution in [0, 0.1) is 11.8 Å². The molecule has 2 atom stereocenters. The molecule has 1 N–H and O–H groups in total. The Labute approximate surface area is 127 Å². The second-order valence-electron chi connectivity index (χ2n) is 5.62. The Hall–Kier alpha value is -1.71. The van der Waals surface area contributed by atoms with E-state index < -0.39 is 5.97 Å². The van der Waals surface area contributed by atoms with Crippen LogP contribution in [0.15, 0.2) is 18.2 Å². The number of carboxylic acids is 1. The quantitative estimate of drug-likeness (QED) is 0.740. The number of hydrogen-bond acceptors (Lipinski definition) is 3. The van der Waals surface area contributed by atoms with Crippen molar-refractivity contribution >= 4 is 5.97 Å². The van der Waals surface area contributed by atoms with E-state index in [0.29, 0.717) is 36.5 Å². The minimum absolute atomic E-state index is 0.213. The monoisotopic (exact) mass is 294 g/mol. The summed E-state index contributed by atoms with van der Waals surface area (Å²) in [5.41, 5.74) is 0.213. The first-order valence-electron chi connectivity index (χ1n) is 7.60. The van der Waals surface area contributed by atoms with Crippen molar-refractivity contribution in [3.63, 3.8) is 0 Å². The molecule has 0 aromatic heterocycles. The highest BCUT2D eigenvalue weighted by Crippen LogP contribution is 2.29. The maximum Gasteiger partial charge on any atom is 0.335 e. The summed E-state index contributed by atoms with van der Waals surface area (Å²) in [6.45, 7) is 9.58. The molecule has 0 radical (unpaired) electrons. The van der Waals surface area contributed by atoms with Crippen LogP contribution in [0.3, 0.4) is 0 Å². The highest BCUT2D eigenvalue weighted by molar-refractivity contribution is 5.88. The van der Waals surface area contributed by atoms with Gasteiger partial charge in [0.2, 0.25) is 0 Å². The predicted octanol–water partition coefficient (Wildman–Crippen LogP) is 4.23. The Kier molecular flexibility index (Phi) is 7.06. The van der Waals surface area contributed by atoms with Crippen LogP contribution >= 0.6 is 0 Å². The molecule has 21 heavy (non-hydrogen) atoms. The van der Waals surface area contributed by atoms with Crippen molar-refractivity contribution in [2.75, 3.05) is 13.2 Å². The average molecular weight is 294 g/mol. The zero-order valence-corrected chi connectivity index (χ0v) is 13.4. The Morgan fingerprint density at radius 1 is 1.05 bits per heavy atom. The van der Waals surface area contributed by atoms with Crippen LogP contribution in [-0.4, -0.2) is 24.3 Å². The van der Waals surface area contributed by atoms with Crippen LogP contribution in [0.1, 0.15) is 50.9 Å². The normalized spacial score (nSPS) is 13.5. The van der Waals surface area contributed by atoms with Crippen LogP contribution in [0.25, 0.3) is 0 Å². The zero-order valence-electron chi connectivity index (χ0n) is 13.4. The Morgan fingerprint density at radius 2 is 1.57 bits per heavy atom. The minimum atomic E-state index is -0.961. The topological polar surface area (TPSA) is 55.8 Å². The number of ether oxygens (including phenoxy) is 2. The fourth-order valence-corrected chi connectivity index (χ4v) is 1.57. The van der Waals surface area contributed by atoms with Gasteiger partial charge in [0.15, 0.2) is 11.5 Å². The van der Waals surface area contributed by atoms with E-state index in [2.05, 4.69) is 27.7 Å². The van der Waals surface area contributed by atoms with E-state index in [1.54, 1.807) is 12.1 Å². The van der Waals surface area contributed by atoms with Crippen molar-refractivity contribution in [3.8, 4) is 11.5 Å². The van der Waals surface area contributed by atoms with E-state index in [1.807, 2.05) is 0 Å². The van der Waals surface area contributed by atoms with Crippen molar-refractivity contribution in [2.24, 2.45) is 11.8 Å². The molecule has 1 aromatic carbocycles. The largest absolute Gasteiger partial charge is 0.489 e. The van der Waals surface area contributed by atoms with Gasteiger partial charge in [-0.15, -0.1) is 0 Å². The van der Waals surface area contributed by atoms with E-state index in [4.69, 9.17) is 14.6 Å². The molecule has 4 heteroatoms. The van der Waals surface area contributed by atoms with E-state index in [-0.39, 0.29) is 5.56 Å². The third kappa shape index (κ3) is 5.66. The molecule has 0 aliphatic heterocycles. The minimum Gasteiger partial charge on any atom is -0.489 e. The van der Waals surface area contributed by atoms with Gasteiger partial charge in [0.25, 0.3) is 0 Å². The first-order valence-corrected chi connectivity index (χ1v) is 7.60. The Morgan fingerprint density at radius 3 is 2.05 bits per heavy atom. The summed E-state index contributed by atoms with van der Waals surface area (Å²) in [4.78, 5) is 11.1.